The highest BCUT2D eigenvalue weighted by molar-refractivity contribution is 5.88. The van der Waals surface area contributed by atoms with Gasteiger partial charge < -0.3 is 20.1 Å². The molecule has 0 bridgehead atoms. The van der Waals surface area contributed by atoms with Crippen LogP contribution in [0.3, 0.4) is 0 Å². The van der Waals surface area contributed by atoms with Crippen LogP contribution in [0.25, 0.3) is 0 Å². The van der Waals surface area contributed by atoms with Crippen molar-refractivity contribution in [2.45, 2.75) is 0 Å². The van der Waals surface area contributed by atoms with Gasteiger partial charge in [0.15, 0.2) is 11.6 Å². The number of carboxylic acid groups (broad SMARTS) is 1. The van der Waals surface area contributed by atoms with Crippen molar-refractivity contribution in [1.82, 2.24) is 15.0 Å². The lowest BCUT2D eigenvalue weighted by molar-refractivity contribution is 0.0697. The monoisotopic (exact) mass is 319 g/mol. The van der Waals surface area contributed by atoms with Gasteiger partial charge in [-0.1, -0.05) is 0 Å². The highest BCUT2D eigenvalue weighted by Crippen LogP contribution is 2.20. The molecule has 120 valence electrons. The number of nitrogens with zero attached hydrogens (tertiary/aromatic N) is 4. The van der Waals surface area contributed by atoms with Gasteiger partial charge in [0.1, 0.15) is 5.82 Å². The molecule has 2 aromatic heterocycles. The summed E-state index contributed by atoms with van der Waals surface area (Å²) in [6, 6.07) is 2.72. The van der Waals surface area contributed by atoms with E-state index in [4.69, 9.17) is 9.84 Å². The minimum atomic E-state index is -1.07. The van der Waals surface area contributed by atoms with Gasteiger partial charge in [-0.25, -0.2) is 19.2 Å². The smallest absolute Gasteiger partial charge is 0.335 e. The lowest BCUT2D eigenvalue weighted by Crippen LogP contribution is -2.37. The number of hydrogen-bond acceptors (Lipinski definition) is 7. The molecule has 1 saturated heterocycles. The van der Waals surface area contributed by atoms with Crippen molar-refractivity contribution in [1.29, 1.82) is 0 Å². The first-order valence-corrected chi connectivity index (χ1v) is 6.95. The number of morpholine rings is 1. The van der Waals surface area contributed by atoms with Crippen LogP contribution in [0, 0.1) is 5.82 Å². The van der Waals surface area contributed by atoms with Crippen LogP contribution in [0.2, 0.25) is 0 Å². The summed E-state index contributed by atoms with van der Waals surface area (Å²) in [5.41, 5.74) is 0.0815. The molecule has 8 nitrogen and oxygen atoms in total. The predicted molar refractivity (Wildman–Crippen MR) is 79.5 cm³/mol. The third kappa shape index (κ3) is 3.51. The van der Waals surface area contributed by atoms with E-state index in [0.29, 0.717) is 26.3 Å². The lowest BCUT2D eigenvalue weighted by atomic mass is 10.2. The number of anilines is 3. The molecule has 0 atom stereocenters. The number of nitrogens with one attached hydrogen (secondary N) is 1. The minimum absolute atomic E-state index is 0.0815. The van der Waals surface area contributed by atoms with Crippen molar-refractivity contribution in [3.8, 4) is 0 Å². The first-order valence-electron chi connectivity index (χ1n) is 6.95. The summed E-state index contributed by atoms with van der Waals surface area (Å²) < 4.78 is 19.2. The van der Waals surface area contributed by atoms with Crippen molar-refractivity contribution in [3.05, 3.63) is 35.9 Å². The molecule has 0 amide bonds. The topological polar surface area (TPSA) is 100 Å². The van der Waals surface area contributed by atoms with Gasteiger partial charge in [-0.3, -0.25) is 0 Å². The fourth-order valence-electron chi connectivity index (χ4n) is 2.16. The maximum atomic E-state index is 13.9. The third-order valence-corrected chi connectivity index (χ3v) is 3.28. The Hall–Kier alpha value is -2.81. The van der Waals surface area contributed by atoms with Crippen LogP contribution in [0.1, 0.15) is 10.4 Å². The second-order valence-electron chi connectivity index (χ2n) is 4.82. The van der Waals surface area contributed by atoms with Gasteiger partial charge in [0.2, 0.25) is 5.95 Å². The molecule has 0 unspecified atom stereocenters. The van der Waals surface area contributed by atoms with Crippen molar-refractivity contribution >= 4 is 23.6 Å². The standard InChI is InChI=1S/C14H14FN5O3/c15-10-8-17-14(19-12(10)20-3-5-23-6-4-20)18-11-7-9(13(21)22)1-2-16-11/h1-2,7-8H,3-6H2,(H,21,22)(H,16,17,18,19). The minimum Gasteiger partial charge on any atom is -0.478 e. The molecule has 1 fully saturated rings. The molecule has 1 aliphatic rings. The van der Waals surface area contributed by atoms with Gasteiger partial charge >= 0.3 is 5.97 Å². The van der Waals surface area contributed by atoms with Gasteiger partial charge in [-0.05, 0) is 12.1 Å². The predicted octanol–water partition coefficient (Wildman–Crippen LogP) is 1.29. The van der Waals surface area contributed by atoms with Crippen molar-refractivity contribution in [2.75, 3.05) is 36.5 Å². The highest BCUT2D eigenvalue weighted by atomic mass is 19.1. The maximum Gasteiger partial charge on any atom is 0.335 e. The molecule has 0 spiro atoms. The Bertz CT molecular complexity index is 721. The second kappa shape index (κ2) is 6.53. The molecule has 3 rings (SSSR count). The van der Waals surface area contributed by atoms with E-state index in [1.807, 2.05) is 0 Å². The number of aromatic carboxylic acids is 1. The van der Waals surface area contributed by atoms with E-state index in [0.717, 1.165) is 6.20 Å². The fraction of sp³-hybridized carbons (Fsp3) is 0.286. The molecule has 0 radical (unpaired) electrons. The fourth-order valence-corrected chi connectivity index (χ4v) is 2.16. The Balaban J connectivity index is 1.83. The Morgan fingerprint density at radius 3 is 2.87 bits per heavy atom. The van der Waals surface area contributed by atoms with Crippen LogP contribution in [0.5, 0.6) is 0 Å². The number of hydrogen-bond donors (Lipinski definition) is 2. The molecule has 0 saturated carbocycles. The number of rotatable bonds is 4. The number of aromatic nitrogens is 3. The molecule has 0 aromatic carbocycles. The molecule has 2 N–H and O–H groups in total. The summed E-state index contributed by atoms with van der Waals surface area (Å²) in [7, 11) is 0. The van der Waals surface area contributed by atoms with Gasteiger partial charge in [0, 0.05) is 19.3 Å². The molecule has 9 heteroatoms. The van der Waals surface area contributed by atoms with E-state index in [1.54, 1.807) is 4.90 Å². The first-order chi connectivity index (χ1) is 11.1. The number of carboxylic acids is 1. The normalized spacial score (nSPS) is 14.6. The van der Waals surface area contributed by atoms with Crippen LogP contribution in [0.4, 0.5) is 22.0 Å². The average molecular weight is 319 g/mol. The Morgan fingerprint density at radius 1 is 1.35 bits per heavy atom. The van der Waals surface area contributed by atoms with Crippen LogP contribution < -0.4 is 10.2 Å². The molecule has 2 aromatic rings. The maximum absolute atomic E-state index is 13.9. The molecule has 3 heterocycles. The van der Waals surface area contributed by atoms with Crippen LogP contribution >= 0.6 is 0 Å². The Labute approximate surface area is 131 Å². The van der Waals surface area contributed by atoms with Gasteiger partial charge in [0.05, 0.1) is 25.0 Å². The van der Waals surface area contributed by atoms with E-state index >= 15 is 0 Å². The van der Waals surface area contributed by atoms with E-state index in [2.05, 4.69) is 20.3 Å². The summed E-state index contributed by atoms with van der Waals surface area (Å²) in [6.45, 7) is 2.10. The average Bonchev–Trinajstić information content (AvgIpc) is 2.57. The molecular weight excluding hydrogens is 305 g/mol. The highest BCUT2D eigenvalue weighted by Gasteiger charge is 2.18. The van der Waals surface area contributed by atoms with E-state index < -0.39 is 11.8 Å². The lowest BCUT2D eigenvalue weighted by Gasteiger charge is -2.28. The molecule has 1 aliphatic heterocycles. The van der Waals surface area contributed by atoms with E-state index in [9.17, 15) is 9.18 Å². The SMILES string of the molecule is O=C(O)c1ccnc(Nc2ncc(F)c(N3CCOCC3)n2)c1. The quantitative estimate of drug-likeness (QED) is 0.869. The van der Waals surface area contributed by atoms with Crippen LogP contribution in [0.15, 0.2) is 24.5 Å². The molecule has 23 heavy (non-hydrogen) atoms. The summed E-state index contributed by atoms with van der Waals surface area (Å²) >= 11 is 0. The van der Waals surface area contributed by atoms with Crippen LogP contribution in [-0.4, -0.2) is 52.3 Å². The second-order valence-corrected chi connectivity index (χ2v) is 4.82. The number of halogens is 1. The summed E-state index contributed by atoms with van der Waals surface area (Å²) in [5.74, 6) is -0.998. The van der Waals surface area contributed by atoms with Gasteiger partial charge in [-0.15, -0.1) is 0 Å². The zero-order valence-electron chi connectivity index (χ0n) is 12.1. The first kappa shape index (κ1) is 15.1. The number of carbonyl (C=O) groups is 1. The number of pyridine rings is 1. The summed E-state index contributed by atoms with van der Waals surface area (Å²) in [5, 5.41) is 11.8. The third-order valence-electron chi connectivity index (χ3n) is 3.28. The molecule has 0 aliphatic carbocycles. The number of ether oxygens (including phenoxy) is 1. The largest absolute Gasteiger partial charge is 0.478 e. The summed E-state index contributed by atoms with van der Waals surface area (Å²) in [4.78, 5) is 24.7. The van der Waals surface area contributed by atoms with Gasteiger partial charge in [-0.2, -0.15) is 4.98 Å². The van der Waals surface area contributed by atoms with Crippen molar-refractivity contribution in [3.63, 3.8) is 0 Å². The Kier molecular flexibility index (Phi) is 4.29. The zero-order chi connectivity index (χ0) is 16.2. The summed E-state index contributed by atoms with van der Waals surface area (Å²) in [6.07, 6.45) is 2.43. The molecular formula is C14H14FN5O3. The van der Waals surface area contributed by atoms with E-state index in [1.165, 1.54) is 18.3 Å². The van der Waals surface area contributed by atoms with Crippen molar-refractivity contribution < 1.29 is 19.0 Å². The van der Waals surface area contributed by atoms with E-state index in [-0.39, 0.29) is 23.1 Å². The van der Waals surface area contributed by atoms with Crippen LogP contribution in [-0.2, 0) is 4.74 Å². The Morgan fingerprint density at radius 2 is 2.13 bits per heavy atom. The van der Waals surface area contributed by atoms with Crippen molar-refractivity contribution in [2.24, 2.45) is 0 Å². The van der Waals surface area contributed by atoms with Gasteiger partial charge in [0.25, 0.3) is 0 Å². The zero-order valence-corrected chi connectivity index (χ0v) is 12.1.